The number of methoxy groups -OCH3 is 2. The minimum Gasteiger partial charge on any atom is -0.493 e. The summed E-state index contributed by atoms with van der Waals surface area (Å²) in [5, 5.41) is 8.83. The fraction of sp³-hybridized carbons (Fsp3) is 0.538. The average molecular weight is 464 g/mol. The lowest BCUT2D eigenvalue weighted by molar-refractivity contribution is 0.201. The molecule has 0 fully saturated rings. The average Bonchev–Trinajstić information content (AvgIpc) is 2.81. The number of aliphatic hydroxyl groups is 1. The first-order chi connectivity index (χ1) is 15.1. The smallest absolute Gasteiger partial charge is 0.161 e. The van der Waals surface area contributed by atoms with Crippen molar-refractivity contribution in [3.63, 3.8) is 0 Å². The Morgan fingerprint density at radius 3 is 2.34 bits per heavy atom. The second kappa shape index (κ2) is 13.6. The molecule has 5 nitrogen and oxygen atoms in total. The summed E-state index contributed by atoms with van der Waals surface area (Å²) in [6.45, 7) is 2.58. The molecule has 0 saturated heterocycles. The van der Waals surface area contributed by atoms with Crippen molar-refractivity contribution in [1.82, 2.24) is 4.90 Å². The number of hydrogen-bond acceptors (Lipinski definition) is 5. The molecular formula is C26H38ClNO4. The van der Waals surface area contributed by atoms with Crippen LogP contribution in [0.2, 0.25) is 0 Å². The Kier molecular flexibility index (Phi) is 11.1. The van der Waals surface area contributed by atoms with Crippen LogP contribution in [0.4, 0.5) is 0 Å². The largest absolute Gasteiger partial charge is 0.493 e. The van der Waals surface area contributed by atoms with Crippen molar-refractivity contribution >= 4 is 12.4 Å². The van der Waals surface area contributed by atoms with Crippen LogP contribution in [0.25, 0.3) is 0 Å². The molecule has 6 heteroatoms. The molecular weight excluding hydrogens is 426 g/mol. The molecule has 1 aliphatic rings. The number of ether oxygens (including phenoxy) is 3. The first-order valence-corrected chi connectivity index (χ1v) is 11.4. The third-order valence-corrected chi connectivity index (χ3v) is 6.25. The van der Waals surface area contributed by atoms with Gasteiger partial charge in [0.05, 0.1) is 20.8 Å². The maximum absolute atomic E-state index is 8.83. The number of hydrogen-bond donors (Lipinski definition) is 1. The summed E-state index contributed by atoms with van der Waals surface area (Å²) >= 11 is 0. The molecule has 1 unspecified atom stereocenters. The van der Waals surface area contributed by atoms with Gasteiger partial charge < -0.3 is 24.2 Å². The maximum Gasteiger partial charge on any atom is 0.161 e. The van der Waals surface area contributed by atoms with E-state index >= 15 is 0 Å². The third-order valence-electron chi connectivity index (χ3n) is 6.25. The van der Waals surface area contributed by atoms with Gasteiger partial charge in [0.1, 0.15) is 12.4 Å². The third kappa shape index (κ3) is 7.58. The van der Waals surface area contributed by atoms with Gasteiger partial charge in [-0.05, 0) is 99.0 Å². The van der Waals surface area contributed by atoms with Gasteiger partial charge in [-0.15, -0.1) is 12.4 Å². The molecule has 32 heavy (non-hydrogen) atoms. The van der Waals surface area contributed by atoms with Crippen molar-refractivity contribution < 1.29 is 19.3 Å². The molecule has 0 radical (unpaired) electrons. The highest BCUT2D eigenvalue weighted by atomic mass is 35.5. The van der Waals surface area contributed by atoms with E-state index in [2.05, 4.69) is 36.2 Å². The summed E-state index contributed by atoms with van der Waals surface area (Å²) in [4.78, 5) is 2.43. The minimum absolute atomic E-state index is 0. The lowest BCUT2D eigenvalue weighted by Crippen LogP contribution is -2.23. The van der Waals surface area contributed by atoms with E-state index in [1.54, 1.807) is 14.2 Å². The molecule has 0 heterocycles. The van der Waals surface area contributed by atoms with Crippen LogP contribution < -0.4 is 14.2 Å². The van der Waals surface area contributed by atoms with Gasteiger partial charge in [-0.2, -0.15) is 0 Å². The van der Waals surface area contributed by atoms with Gasteiger partial charge in [0.25, 0.3) is 0 Å². The number of nitrogens with zero attached hydrogens (tertiary/aromatic N) is 1. The summed E-state index contributed by atoms with van der Waals surface area (Å²) in [6.07, 6.45) is 7.08. The van der Waals surface area contributed by atoms with Crippen LogP contribution in [-0.2, 0) is 19.3 Å². The minimum atomic E-state index is 0. The quantitative estimate of drug-likeness (QED) is 0.500. The first-order valence-electron chi connectivity index (χ1n) is 11.4. The molecule has 2 aromatic carbocycles. The van der Waals surface area contributed by atoms with Gasteiger partial charge in [0.2, 0.25) is 0 Å². The molecule has 0 amide bonds. The Morgan fingerprint density at radius 1 is 1.00 bits per heavy atom. The van der Waals surface area contributed by atoms with E-state index < -0.39 is 0 Å². The Hall–Kier alpha value is -1.95. The van der Waals surface area contributed by atoms with Gasteiger partial charge in [-0.25, -0.2) is 0 Å². The molecule has 1 atom stereocenters. The van der Waals surface area contributed by atoms with E-state index in [0.717, 1.165) is 55.5 Å². The highest BCUT2D eigenvalue weighted by Crippen LogP contribution is 2.36. The lowest BCUT2D eigenvalue weighted by Gasteiger charge is -2.26. The van der Waals surface area contributed by atoms with Gasteiger partial charge in [0, 0.05) is 6.54 Å². The van der Waals surface area contributed by atoms with Crippen LogP contribution >= 0.6 is 12.4 Å². The zero-order valence-electron chi connectivity index (χ0n) is 19.6. The number of aliphatic hydroxyl groups excluding tert-OH is 1. The van der Waals surface area contributed by atoms with Gasteiger partial charge >= 0.3 is 0 Å². The standard InChI is InChI=1S/C26H37NO4.ClH/c1-27(14-12-20-7-10-24(11-8-20)31-16-15-28)13-4-5-21-6-9-22-18-25(29-2)26(30-3)19-23(22)17-21;/h7-8,10-11,18-19,21,28H,4-6,9,12-17H2,1-3H3;1H. The Bertz CT molecular complexity index is 812. The van der Waals surface area contributed by atoms with Crippen LogP contribution in [0.15, 0.2) is 36.4 Å². The predicted molar refractivity (Wildman–Crippen MR) is 132 cm³/mol. The predicted octanol–water partition coefficient (Wildman–Crippen LogP) is 4.56. The number of likely N-dealkylation sites (N-methyl/N-ethyl adjacent to an activating group) is 1. The summed E-state index contributed by atoms with van der Waals surface area (Å²) in [5.41, 5.74) is 4.16. The fourth-order valence-corrected chi connectivity index (χ4v) is 4.40. The van der Waals surface area contributed by atoms with E-state index in [-0.39, 0.29) is 19.0 Å². The lowest BCUT2D eigenvalue weighted by atomic mass is 9.81. The van der Waals surface area contributed by atoms with Crippen molar-refractivity contribution in [2.75, 3.05) is 47.6 Å². The zero-order chi connectivity index (χ0) is 22.1. The van der Waals surface area contributed by atoms with E-state index in [0.29, 0.717) is 6.61 Å². The molecule has 2 aromatic rings. The monoisotopic (exact) mass is 463 g/mol. The van der Waals surface area contributed by atoms with Crippen LogP contribution in [0.5, 0.6) is 17.2 Å². The molecule has 0 aromatic heterocycles. The number of benzene rings is 2. The zero-order valence-corrected chi connectivity index (χ0v) is 20.5. The second-order valence-corrected chi connectivity index (χ2v) is 8.50. The van der Waals surface area contributed by atoms with E-state index in [1.807, 2.05) is 12.1 Å². The molecule has 1 N–H and O–H groups in total. The van der Waals surface area contributed by atoms with Crippen LogP contribution in [0, 0.1) is 5.92 Å². The van der Waals surface area contributed by atoms with Crippen molar-refractivity contribution in [2.24, 2.45) is 5.92 Å². The molecule has 178 valence electrons. The normalized spacial score (nSPS) is 15.1. The van der Waals surface area contributed by atoms with Crippen LogP contribution in [0.3, 0.4) is 0 Å². The maximum atomic E-state index is 8.83. The molecule has 0 bridgehead atoms. The summed E-state index contributed by atoms with van der Waals surface area (Å²) in [5.74, 6) is 3.25. The Morgan fingerprint density at radius 2 is 1.69 bits per heavy atom. The Balaban J connectivity index is 0.00000363. The fourth-order valence-electron chi connectivity index (χ4n) is 4.40. The summed E-state index contributed by atoms with van der Waals surface area (Å²) in [6, 6.07) is 12.5. The van der Waals surface area contributed by atoms with Gasteiger partial charge in [-0.3, -0.25) is 0 Å². The summed E-state index contributed by atoms with van der Waals surface area (Å²) < 4.78 is 16.4. The number of aryl methyl sites for hydroxylation is 1. The SMILES string of the molecule is COc1cc2c(cc1OC)CC(CCCN(C)CCc1ccc(OCCO)cc1)CC2.Cl. The highest BCUT2D eigenvalue weighted by molar-refractivity contribution is 5.85. The van der Waals surface area contributed by atoms with Gasteiger partial charge in [0.15, 0.2) is 11.5 Å². The van der Waals surface area contributed by atoms with Crippen molar-refractivity contribution in [3.05, 3.63) is 53.1 Å². The number of halogens is 1. The van der Waals surface area contributed by atoms with Crippen molar-refractivity contribution in [2.45, 2.75) is 38.5 Å². The van der Waals surface area contributed by atoms with E-state index in [4.69, 9.17) is 19.3 Å². The molecule has 1 aliphatic carbocycles. The van der Waals surface area contributed by atoms with Crippen LogP contribution in [0.1, 0.15) is 36.0 Å². The molecule has 0 aliphatic heterocycles. The first kappa shape index (κ1) is 26.3. The topological polar surface area (TPSA) is 51.2 Å². The van der Waals surface area contributed by atoms with E-state index in [9.17, 15) is 0 Å². The summed E-state index contributed by atoms with van der Waals surface area (Å²) in [7, 11) is 5.63. The molecule has 3 rings (SSSR count). The van der Waals surface area contributed by atoms with Gasteiger partial charge in [-0.1, -0.05) is 12.1 Å². The highest BCUT2D eigenvalue weighted by Gasteiger charge is 2.21. The van der Waals surface area contributed by atoms with E-state index in [1.165, 1.54) is 36.0 Å². The molecule has 0 spiro atoms. The Labute approximate surface area is 199 Å². The number of fused-ring (bicyclic) bond motifs is 1. The van der Waals surface area contributed by atoms with Crippen molar-refractivity contribution in [3.8, 4) is 17.2 Å². The number of rotatable bonds is 12. The second-order valence-electron chi connectivity index (χ2n) is 8.50. The van der Waals surface area contributed by atoms with Crippen LogP contribution in [-0.4, -0.2) is 57.6 Å². The van der Waals surface area contributed by atoms with Crippen molar-refractivity contribution in [1.29, 1.82) is 0 Å². The molecule has 0 saturated carbocycles.